The average molecular weight is 232 g/mol. The monoisotopic (exact) mass is 232 g/mol. The van der Waals surface area contributed by atoms with Crippen LogP contribution in [0.3, 0.4) is 0 Å². The SMILES string of the molecule is CNCCCNCC1CCCc2ccccc21. The largest absolute Gasteiger partial charge is 0.320 e. The minimum Gasteiger partial charge on any atom is -0.320 e. The van der Waals surface area contributed by atoms with Crippen LogP contribution in [0, 0.1) is 0 Å². The van der Waals surface area contributed by atoms with Crippen LogP contribution >= 0.6 is 0 Å². The second-order valence-electron chi connectivity index (χ2n) is 4.95. The highest BCUT2D eigenvalue weighted by Gasteiger charge is 2.18. The summed E-state index contributed by atoms with van der Waals surface area (Å²) in [5.74, 6) is 0.731. The van der Waals surface area contributed by atoms with Gasteiger partial charge in [0.2, 0.25) is 0 Å². The first kappa shape index (κ1) is 12.6. The van der Waals surface area contributed by atoms with Gasteiger partial charge < -0.3 is 10.6 Å². The normalized spacial score (nSPS) is 19.0. The summed E-state index contributed by atoms with van der Waals surface area (Å²) in [5, 5.41) is 6.77. The molecular formula is C15H24N2. The van der Waals surface area contributed by atoms with E-state index in [1.54, 1.807) is 11.1 Å². The molecule has 2 rings (SSSR count). The number of nitrogens with one attached hydrogen (secondary N) is 2. The predicted octanol–water partition coefficient (Wildman–Crippen LogP) is 2.31. The van der Waals surface area contributed by atoms with E-state index in [1.807, 2.05) is 7.05 Å². The maximum absolute atomic E-state index is 3.59. The molecule has 0 bridgehead atoms. The zero-order valence-electron chi connectivity index (χ0n) is 10.8. The van der Waals surface area contributed by atoms with E-state index in [2.05, 4.69) is 34.9 Å². The van der Waals surface area contributed by atoms with Crippen molar-refractivity contribution in [3.63, 3.8) is 0 Å². The maximum atomic E-state index is 3.59. The van der Waals surface area contributed by atoms with Crippen LogP contribution in [0.2, 0.25) is 0 Å². The van der Waals surface area contributed by atoms with Crippen LogP contribution in [0.5, 0.6) is 0 Å². The van der Waals surface area contributed by atoms with Gasteiger partial charge in [-0.2, -0.15) is 0 Å². The van der Waals surface area contributed by atoms with Crippen molar-refractivity contribution in [3.8, 4) is 0 Å². The molecule has 94 valence electrons. The first-order valence-electron chi connectivity index (χ1n) is 6.85. The van der Waals surface area contributed by atoms with E-state index in [0.29, 0.717) is 0 Å². The fraction of sp³-hybridized carbons (Fsp3) is 0.600. The lowest BCUT2D eigenvalue weighted by atomic mass is 9.83. The van der Waals surface area contributed by atoms with Crippen molar-refractivity contribution in [1.82, 2.24) is 10.6 Å². The molecule has 0 heterocycles. The molecule has 0 aliphatic heterocycles. The molecule has 2 N–H and O–H groups in total. The molecule has 1 unspecified atom stereocenters. The molecule has 0 saturated heterocycles. The molecule has 1 aliphatic rings. The van der Waals surface area contributed by atoms with Gasteiger partial charge in [-0.1, -0.05) is 24.3 Å². The fourth-order valence-corrected chi connectivity index (χ4v) is 2.73. The van der Waals surface area contributed by atoms with Gasteiger partial charge >= 0.3 is 0 Å². The number of rotatable bonds is 6. The summed E-state index contributed by atoms with van der Waals surface area (Å²) < 4.78 is 0. The molecule has 0 spiro atoms. The summed E-state index contributed by atoms with van der Waals surface area (Å²) in [6, 6.07) is 8.96. The van der Waals surface area contributed by atoms with E-state index in [1.165, 1.54) is 25.7 Å². The fourth-order valence-electron chi connectivity index (χ4n) is 2.73. The Kier molecular flexibility index (Phi) is 5.02. The van der Waals surface area contributed by atoms with E-state index < -0.39 is 0 Å². The Morgan fingerprint density at radius 1 is 1.24 bits per heavy atom. The van der Waals surface area contributed by atoms with Crippen LogP contribution in [0.25, 0.3) is 0 Å². The Balaban J connectivity index is 1.82. The molecule has 1 aromatic rings. The van der Waals surface area contributed by atoms with Crippen molar-refractivity contribution in [2.75, 3.05) is 26.7 Å². The minimum atomic E-state index is 0.731. The Hall–Kier alpha value is -0.860. The number of benzene rings is 1. The highest BCUT2D eigenvalue weighted by molar-refractivity contribution is 5.32. The summed E-state index contributed by atoms with van der Waals surface area (Å²) in [6.45, 7) is 3.37. The van der Waals surface area contributed by atoms with Gasteiger partial charge in [-0.3, -0.25) is 0 Å². The van der Waals surface area contributed by atoms with Crippen molar-refractivity contribution in [2.45, 2.75) is 31.6 Å². The molecule has 2 heteroatoms. The Morgan fingerprint density at radius 3 is 3.00 bits per heavy atom. The summed E-state index contributed by atoms with van der Waals surface area (Å²) in [5.41, 5.74) is 3.15. The lowest BCUT2D eigenvalue weighted by Gasteiger charge is -2.25. The lowest BCUT2D eigenvalue weighted by Crippen LogP contribution is -2.26. The second-order valence-corrected chi connectivity index (χ2v) is 4.95. The van der Waals surface area contributed by atoms with Gasteiger partial charge in [-0.15, -0.1) is 0 Å². The highest BCUT2D eigenvalue weighted by Crippen LogP contribution is 2.30. The highest BCUT2D eigenvalue weighted by atomic mass is 14.9. The second kappa shape index (κ2) is 6.77. The van der Waals surface area contributed by atoms with E-state index in [4.69, 9.17) is 0 Å². The standard InChI is InChI=1S/C15H24N2/c1-16-10-5-11-17-12-14-8-4-7-13-6-2-3-9-15(13)14/h2-3,6,9,14,16-17H,4-5,7-8,10-12H2,1H3. The molecule has 2 nitrogen and oxygen atoms in total. The van der Waals surface area contributed by atoms with Crippen molar-refractivity contribution in [3.05, 3.63) is 35.4 Å². The van der Waals surface area contributed by atoms with Gasteiger partial charge in [-0.05, 0) is 62.9 Å². The number of aryl methyl sites for hydroxylation is 1. The van der Waals surface area contributed by atoms with E-state index in [0.717, 1.165) is 25.6 Å². The van der Waals surface area contributed by atoms with Gasteiger partial charge in [0.25, 0.3) is 0 Å². The molecule has 0 radical (unpaired) electrons. The third-order valence-corrected chi connectivity index (χ3v) is 3.66. The zero-order valence-corrected chi connectivity index (χ0v) is 10.8. The molecule has 1 aromatic carbocycles. The number of hydrogen-bond acceptors (Lipinski definition) is 2. The summed E-state index contributed by atoms with van der Waals surface area (Å²) in [6.07, 6.45) is 5.17. The van der Waals surface area contributed by atoms with Crippen LogP contribution < -0.4 is 10.6 Å². The van der Waals surface area contributed by atoms with Crippen LogP contribution in [0.1, 0.15) is 36.3 Å². The van der Waals surface area contributed by atoms with Gasteiger partial charge in [-0.25, -0.2) is 0 Å². The maximum Gasteiger partial charge on any atom is 0.00202 e. The first-order chi connectivity index (χ1) is 8.42. The van der Waals surface area contributed by atoms with E-state index >= 15 is 0 Å². The smallest absolute Gasteiger partial charge is 0.00202 e. The first-order valence-corrected chi connectivity index (χ1v) is 6.85. The van der Waals surface area contributed by atoms with Gasteiger partial charge in [0.15, 0.2) is 0 Å². The lowest BCUT2D eigenvalue weighted by molar-refractivity contribution is 0.501. The topological polar surface area (TPSA) is 24.1 Å². The zero-order chi connectivity index (χ0) is 11.9. The molecule has 0 saturated carbocycles. The number of hydrogen-bond donors (Lipinski definition) is 2. The van der Waals surface area contributed by atoms with Crippen molar-refractivity contribution in [2.24, 2.45) is 0 Å². The van der Waals surface area contributed by atoms with Crippen LogP contribution in [-0.2, 0) is 6.42 Å². The molecule has 17 heavy (non-hydrogen) atoms. The van der Waals surface area contributed by atoms with Gasteiger partial charge in [0, 0.05) is 6.54 Å². The third kappa shape index (κ3) is 3.55. The number of fused-ring (bicyclic) bond motifs is 1. The Labute approximate surface area is 105 Å². The van der Waals surface area contributed by atoms with Crippen LogP contribution in [0.15, 0.2) is 24.3 Å². The van der Waals surface area contributed by atoms with Crippen LogP contribution in [-0.4, -0.2) is 26.7 Å². The van der Waals surface area contributed by atoms with Crippen molar-refractivity contribution in [1.29, 1.82) is 0 Å². The van der Waals surface area contributed by atoms with Gasteiger partial charge in [0.1, 0.15) is 0 Å². The molecule has 0 fully saturated rings. The molecular weight excluding hydrogens is 208 g/mol. The van der Waals surface area contributed by atoms with E-state index in [-0.39, 0.29) is 0 Å². The summed E-state index contributed by atoms with van der Waals surface area (Å²) in [7, 11) is 2.01. The average Bonchev–Trinajstić information content (AvgIpc) is 2.39. The van der Waals surface area contributed by atoms with Gasteiger partial charge in [0.05, 0.1) is 0 Å². The Morgan fingerprint density at radius 2 is 2.12 bits per heavy atom. The third-order valence-electron chi connectivity index (χ3n) is 3.66. The molecule has 0 aromatic heterocycles. The summed E-state index contributed by atoms with van der Waals surface area (Å²) >= 11 is 0. The van der Waals surface area contributed by atoms with Crippen molar-refractivity contribution >= 4 is 0 Å². The summed E-state index contributed by atoms with van der Waals surface area (Å²) in [4.78, 5) is 0. The Bertz CT molecular complexity index is 335. The molecule has 0 amide bonds. The quantitative estimate of drug-likeness (QED) is 0.736. The van der Waals surface area contributed by atoms with E-state index in [9.17, 15) is 0 Å². The molecule has 1 atom stereocenters. The van der Waals surface area contributed by atoms with Crippen molar-refractivity contribution < 1.29 is 0 Å². The van der Waals surface area contributed by atoms with Crippen LogP contribution in [0.4, 0.5) is 0 Å². The molecule has 1 aliphatic carbocycles. The predicted molar refractivity (Wildman–Crippen MR) is 73.5 cm³/mol. The minimum absolute atomic E-state index is 0.731.